The lowest BCUT2D eigenvalue weighted by atomic mass is 9.47. The summed E-state index contributed by atoms with van der Waals surface area (Å²) in [6, 6.07) is 0. The number of carbonyl (C=O) groups is 1. The summed E-state index contributed by atoms with van der Waals surface area (Å²) in [4.78, 5) is 11.5. The molecule has 4 aliphatic rings. The highest BCUT2D eigenvalue weighted by molar-refractivity contribution is 5.66. The van der Waals surface area contributed by atoms with Gasteiger partial charge in [0.25, 0.3) is 0 Å². The van der Waals surface area contributed by atoms with Crippen molar-refractivity contribution in [2.45, 2.75) is 111 Å². The van der Waals surface area contributed by atoms with E-state index in [0.29, 0.717) is 10.8 Å². The van der Waals surface area contributed by atoms with Crippen LogP contribution in [0.25, 0.3) is 0 Å². The quantitative estimate of drug-likeness (QED) is 0.263. The second-order valence-electron chi connectivity index (χ2n) is 11.5. The molecule has 0 radical (unpaired) electrons. The second kappa shape index (κ2) is 8.47. The first-order valence-corrected chi connectivity index (χ1v) is 12.8. The van der Waals surface area contributed by atoms with Gasteiger partial charge in [-0.25, -0.2) is 0 Å². The molecular formula is C28H44O2. The fourth-order valence-electron chi connectivity index (χ4n) is 8.39. The molecular weight excluding hydrogens is 368 g/mol. The summed E-state index contributed by atoms with van der Waals surface area (Å²) in [7, 11) is 0. The Morgan fingerprint density at radius 3 is 2.67 bits per heavy atom. The number of ether oxygens (including phenoxy) is 1. The van der Waals surface area contributed by atoms with Crippen LogP contribution in [0.1, 0.15) is 105 Å². The third kappa shape index (κ3) is 3.71. The minimum Gasteiger partial charge on any atom is -0.462 e. The number of unbranched alkanes of at least 4 members (excludes halogenated alkanes) is 2. The van der Waals surface area contributed by atoms with Crippen LogP contribution in [-0.2, 0) is 9.53 Å². The van der Waals surface area contributed by atoms with Gasteiger partial charge in [-0.15, -0.1) is 0 Å². The molecule has 2 heteroatoms. The van der Waals surface area contributed by atoms with Crippen LogP contribution in [0.4, 0.5) is 0 Å². The highest BCUT2D eigenvalue weighted by atomic mass is 16.5. The Kier molecular flexibility index (Phi) is 6.26. The van der Waals surface area contributed by atoms with E-state index in [-0.39, 0.29) is 12.1 Å². The summed E-state index contributed by atoms with van der Waals surface area (Å²) < 4.78 is 5.60. The monoisotopic (exact) mass is 412 g/mol. The third-order valence-electron chi connectivity index (χ3n) is 9.96. The molecule has 0 aromatic rings. The van der Waals surface area contributed by atoms with Gasteiger partial charge in [0.05, 0.1) is 0 Å². The standard InChI is InChI=1S/C28H44O2/c1-6-7-8-9-19(2)24-12-13-25-23-11-10-21-18-22(30-20(3)29)14-16-27(21,4)26(23)15-17-28(24,25)5/h9-10,22-26H,6-8,11-18H2,1-5H3/b19-9-/t22?,23-,24+,25-,26-,27-,28+/m0/s1. The van der Waals surface area contributed by atoms with Gasteiger partial charge >= 0.3 is 5.97 Å². The molecule has 3 fully saturated rings. The number of carbonyl (C=O) groups excluding carboxylic acids is 1. The normalized spacial score (nSPS) is 43.3. The SMILES string of the molecule is CCCC/C=C(/C)[C@H]1CC[C@H]2[C@@H]3CC=C4CC(OC(C)=O)CC[C@]4(C)[C@H]3CC[C@]12C. The molecule has 0 heterocycles. The predicted molar refractivity (Wildman–Crippen MR) is 124 cm³/mol. The largest absolute Gasteiger partial charge is 0.462 e. The number of fused-ring (bicyclic) bond motifs is 5. The number of hydrogen-bond acceptors (Lipinski definition) is 2. The first-order valence-electron chi connectivity index (χ1n) is 12.8. The van der Waals surface area contributed by atoms with Crippen molar-refractivity contribution in [3.8, 4) is 0 Å². The summed E-state index contributed by atoms with van der Waals surface area (Å²) in [5, 5.41) is 0. The van der Waals surface area contributed by atoms with E-state index in [1.165, 1.54) is 57.8 Å². The lowest BCUT2D eigenvalue weighted by molar-refractivity contribution is -0.148. The van der Waals surface area contributed by atoms with Gasteiger partial charge in [-0.3, -0.25) is 4.79 Å². The van der Waals surface area contributed by atoms with E-state index in [1.54, 1.807) is 18.1 Å². The second-order valence-corrected chi connectivity index (χ2v) is 11.5. The molecule has 0 aliphatic heterocycles. The van der Waals surface area contributed by atoms with Crippen molar-refractivity contribution < 1.29 is 9.53 Å². The first-order chi connectivity index (χ1) is 14.3. The molecule has 4 aliphatic carbocycles. The van der Waals surface area contributed by atoms with E-state index in [9.17, 15) is 4.79 Å². The number of rotatable bonds is 5. The molecule has 2 nitrogen and oxygen atoms in total. The lowest BCUT2D eigenvalue weighted by Gasteiger charge is -2.58. The Labute approximate surface area is 184 Å². The molecule has 0 aromatic heterocycles. The Morgan fingerprint density at radius 1 is 1.13 bits per heavy atom. The molecule has 0 spiro atoms. The van der Waals surface area contributed by atoms with Crippen LogP contribution in [-0.4, -0.2) is 12.1 Å². The summed E-state index contributed by atoms with van der Waals surface area (Å²) in [5.74, 6) is 3.26. The summed E-state index contributed by atoms with van der Waals surface area (Å²) in [6.07, 6.45) is 19.2. The van der Waals surface area contributed by atoms with Gasteiger partial charge in [0.15, 0.2) is 0 Å². The van der Waals surface area contributed by atoms with E-state index in [4.69, 9.17) is 4.74 Å². The van der Waals surface area contributed by atoms with Crippen molar-refractivity contribution in [3.63, 3.8) is 0 Å². The maximum absolute atomic E-state index is 11.5. The van der Waals surface area contributed by atoms with Crippen molar-refractivity contribution in [1.82, 2.24) is 0 Å². The number of esters is 1. The zero-order chi connectivity index (χ0) is 21.5. The zero-order valence-electron chi connectivity index (χ0n) is 20.1. The van der Waals surface area contributed by atoms with Gasteiger partial charge in [0, 0.05) is 13.3 Å². The van der Waals surface area contributed by atoms with E-state index < -0.39 is 0 Å². The van der Waals surface area contributed by atoms with Crippen molar-refractivity contribution in [2.24, 2.45) is 34.5 Å². The van der Waals surface area contributed by atoms with Crippen LogP contribution in [0, 0.1) is 34.5 Å². The maximum Gasteiger partial charge on any atom is 0.302 e. The van der Waals surface area contributed by atoms with Gasteiger partial charge in [-0.05, 0) is 92.8 Å². The van der Waals surface area contributed by atoms with Crippen LogP contribution in [0.2, 0.25) is 0 Å². The van der Waals surface area contributed by atoms with Crippen LogP contribution in [0.15, 0.2) is 23.3 Å². The molecule has 168 valence electrons. The van der Waals surface area contributed by atoms with Crippen molar-refractivity contribution >= 4 is 5.97 Å². The summed E-state index contributed by atoms with van der Waals surface area (Å²) >= 11 is 0. The smallest absolute Gasteiger partial charge is 0.302 e. The highest BCUT2D eigenvalue weighted by Gasteiger charge is 2.58. The molecule has 7 atom stereocenters. The van der Waals surface area contributed by atoms with E-state index in [1.807, 2.05) is 0 Å². The Balaban J connectivity index is 1.52. The average Bonchev–Trinajstić information content (AvgIpc) is 3.05. The lowest BCUT2D eigenvalue weighted by Crippen LogP contribution is -2.50. The molecule has 0 bridgehead atoms. The number of allylic oxidation sites excluding steroid dienone is 3. The maximum atomic E-state index is 11.5. The van der Waals surface area contributed by atoms with Crippen LogP contribution < -0.4 is 0 Å². The minimum atomic E-state index is -0.120. The Hall–Kier alpha value is -1.05. The summed E-state index contributed by atoms with van der Waals surface area (Å²) in [6.45, 7) is 11.5. The topological polar surface area (TPSA) is 26.3 Å². The fourth-order valence-corrected chi connectivity index (χ4v) is 8.39. The van der Waals surface area contributed by atoms with Gasteiger partial charge in [-0.1, -0.05) is 56.9 Å². The highest BCUT2D eigenvalue weighted by Crippen LogP contribution is 2.67. The molecule has 0 aromatic carbocycles. The molecule has 0 amide bonds. The van der Waals surface area contributed by atoms with E-state index >= 15 is 0 Å². The zero-order valence-corrected chi connectivity index (χ0v) is 20.1. The van der Waals surface area contributed by atoms with Crippen molar-refractivity contribution in [2.75, 3.05) is 0 Å². The van der Waals surface area contributed by atoms with Crippen molar-refractivity contribution in [1.29, 1.82) is 0 Å². The van der Waals surface area contributed by atoms with E-state index in [0.717, 1.165) is 36.5 Å². The third-order valence-corrected chi connectivity index (χ3v) is 9.96. The Morgan fingerprint density at radius 2 is 1.93 bits per heavy atom. The number of hydrogen-bond donors (Lipinski definition) is 0. The summed E-state index contributed by atoms with van der Waals surface area (Å²) in [5.41, 5.74) is 4.14. The van der Waals surface area contributed by atoms with Gasteiger partial charge in [0.1, 0.15) is 6.10 Å². The molecule has 30 heavy (non-hydrogen) atoms. The fraction of sp³-hybridized carbons (Fsp3) is 0.821. The Bertz CT molecular complexity index is 718. The predicted octanol–water partition coefficient (Wildman–Crippen LogP) is 7.63. The molecule has 3 saturated carbocycles. The van der Waals surface area contributed by atoms with Crippen LogP contribution in [0.5, 0.6) is 0 Å². The van der Waals surface area contributed by atoms with Gasteiger partial charge in [-0.2, -0.15) is 0 Å². The van der Waals surface area contributed by atoms with Crippen LogP contribution >= 0.6 is 0 Å². The van der Waals surface area contributed by atoms with Crippen molar-refractivity contribution in [3.05, 3.63) is 23.3 Å². The molecule has 4 rings (SSSR count). The average molecular weight is 413 g/mol. The van der Waals surface area contributed by atoms with Crippen LogP contribution in [0.3, 0.4) is 0 Å². The van der Waals surface area contributed by atoms with Gasteiger partial charge < -0.3 is 4.74 Å². The molecule has 0 saturated heterocycles. The molecule has 0 N–H and O–H groups in total. The van der Waals surface area contributed by atoms with E-state index in [2.05, 4.69) is 39.8 Å². The molecule has 1 unspecified atom stereocenters. The minimum absolute atomic E-state index is 0.110. The van der Waals surface area contributed by atoms with Gasteiger partial charge in [0.2, 0.25) is 0 Å². The first kappa shape index (κ1) is 22.2.